The number of aromatic hydroxyl groups is 1. The molecule has 1 aromatic carbocycles. The number of allylic oxidation sites excluding steroid dienone is 1. The number of hydrogen-bond donors (Lipinski definition) is 2. The Labute approximate surface area is 122 Å². The van der Waals surface area contributed by atoms with E-state index in [1.54, 1.807) is 4.90 Å². The molecule has 6 heteroatoms. The third-order valence-corrected chi connectivity index (χ3v) is 3.98. The largest absolute Gasteiger partial charge is 0.504 e. The maximum Gasteiger partial charge on any atom is 0.257 e. The van der Waals surface area contributed by atoms with Gasteiger partial charge in [-0.2, -0.15) is 0 Å². The van der Waals surface area contributed by atoms with Crippen LogP contribution in [0.1, 0.15) is 23.7 Å². The van der Waals surface area contributed by atoms with Crippen LogP contribution in [0.5, 0.6) is 11.5 Å². The number of rotatable bonds is 1. The molecule has 1 fully saturated rings. The van der Waals surface area contributed by atoms with Gasteiger partial charge in [-0.05, 0) is 19.4 Å². The van der Waals surface area contributed by atoms with Crippen LogP contribution < -0.4 is 10.1 Å². The Morgan fingerprint density at radius 1 is 1.43 bits per heavy atom. The van der Waals surface area contributed by atoms with Crippen molar-refractivity contribution in [2.24, 2.45) is 0 Å². The highest BCUT2D eigenvalue weighted by molar-refractivity contribution is 6.11. The quantitative estimate of drug-likeness (QED) is 0.768. The Kier molecular flexibility index (Phi) is 3.08. The third-order valence-electron chi connectivity index (χ3n) is 3.98. The zero-order chi connectivity index (χ0) is 15.1. The highest BCUT2D eigenvalue weighted by Crippen LogP contribution is 2.37. The predicted molar refractivity (Wildman–Crippen MR) is 76.5 cm³/mol. The fourth-order valence-electron chi connectivity index (χ4n) is 2.79. The number of ether oxygens (including phenoxy) is 1. The van der Waals surface area contributed by atoms with Gasteiger partial charge in [-0.3, -0.25) is 9.59 Å². The summed E-state index contributed by atoms with van der Waals surface area (Å²) >= 11 is 0. The van der Waals surface area contributed by atoms with Crippen LogP contribution in [-0.4, -0.2) is 41.5 Å². The minimum Gasteiger partial charge on any atom is -0.504 e. The Balaban J connectivity index is 2.10. The summed E-state index contributed by atoms with van der Waals surface area (Å²) < 4.78 is 5.04. The number of amides is 2. The van der Waals surface area contributed by atoms with E-state index >= 15 is 0 Å². The maximum atomic E-state index is 12.7. The van der Waals surface area contributed by atoms with E-state index in [1.165, 1.54) is 19.2 Å². The van der Waals surface area contributed by atoms with Gasteiger partial charge in [0.15, 0.2) is 11.5 Å². The lowest BCUT2D eigenvalue weighted by molar-refractivity contribution is -0.119. The summed E-state index contributed by atoms with van der Waals surface area (Å²) in [5, 5.41) is 12.5. The number of benzene rings is 1. The highest BCUT2D eigenvalue weighted by Gasteiger charge is 2.40. The molecule has 21 heavy (non-hydrogen) atoms. The van der Waals surface area contributed by atoms with Crippen LogP contribution in [0.2, 0.25) is 0 Å². The van der Waals surface area contributed by atoms with Crippen molar-refractivity contribution in [2.45, 2.75) is 19.4 Å². The van der Waals surface area contributed by atoms with Gasteiger partial charge in [0.2, 0.25) is 5.91 Å². The Bertz CT molecular complexity index is 666. The number of phenolic OH excluding ortho intramolecular Hbond substituents is 1. The average molecular weight is 288 g/mol. The minimum atomic E-state index is -0.496. The summed E-state index contributed by atoms with van der Waals surface area (Å²) in [5.74, 6) is -0.368. The molecular weight excluding hydrogens is 272 g/mol. The number of nitrogens with one attached hydrogen (secondary N) is 1. The van der Waals surface area contributed by atoms with Crippen molar-refractivity contribution in [3.8, 4) is 11.5 Å². The van der Waals surface area contributed by atoms with Crippen LogP contribution >= 0.6 is 0 Å². The van der Waals surface area contributed by atoms with Crippen molar-refractivity contribution in [1.82, 2.24) is 4.90 Å². The van der Waals surface area contributed by atoms with E-state index in [4.69, 9.17) is 4.74 Å². The zero-order valence-corrected chi connectivity index (χ0v) is 11.8. The molecule has 2 heterocycles. The molecule has 1 saturated heterocycles. The Hall–Kier alpha value is -2.50. The second-order valence-corrected chi connectivity index (χ2v) is 5.16. The number of phenols is 1. The molecule has 2 aliphatic heterocycles. The summed E-state index contributed by atoms with van der Waals surface area (Å²) in [7, 11) is 1.41. The normalized spacial score (nSPS) is 22.7. The standard InChI is InChI=1S/C15H16N2O4/c1-3-8-4-11-14(19)16-10-6-12(18)13(21-2)5-9(10)15(20)17(11)7-8/h3,5-6,11,18H,4,7H2,1-2H3,(H,16,19)/b8-3-. The molecule has 2 aliphatic rings. The molecule has 1 unspecified atom stereocenters. The zero-order valence-electron chi connectivity index (χ0n) is 11.8. The van der Waals surface area contributed by atoms with Crippen molar-refractivity contribution >= 4 is 17.5 Å². The number of carbonyl (C=O) groups excluding carboxylic acids is 2. The van der Waals surface area contributed by atoms with Gasteiger partial charge in [0.05, 0.1) is 18.4 Å². The van der Waals surface area contributed by atoms with Crippen molar-refractivity contribution in [1.29, 1.82) is 0 Å². The fraction of sp³-hybridized carbons (Fsp3) is 0.333. The molecule has 0 aliphatic carbocycles. The third kappa shape index (κ3) is 2.03. The Morgan fingerprint density at radius 3 is 2.86 bits per heavy atom. The van der Waals surface area contributed by atoms with Crippen LogP contribution in [-0.2, 0) is 4.79 Å². The van der Waals surface area contributed by atoms with Crippen molar-refractivity contribution in [2.75, 3.05) is 19.0 Å². The Morgan fingerprint density at radius 2 is 2.19 bits per heavy atom. The van der Waals surface area contributed by atoms with Crippen molar-refractivity contribution < 1.29 is 19.4 Å². The van der Waals surface area contributed by atoms with Gasteiger partial charge in [-0.15, -0.1) is 0 Å². The summed E-state index contributed by atoms with van der Waals surface area (Å²) in [5.41, 5.74) is 1.72. The number of hydrogen-bond acceptors (Lipinski definition) is 4. The molecule has 110 valence electrons. The summed E-state index contributed by atoms with van der Waals surface area (Å²) in [4.78, 5) is 26.5. The van der Waals surface area contributed by atoms with E-state index in [1.807, 2.05) is 13.0 Å². The van der Waals surface area contributed by atoms with Gasteiger partial charge in [0.25, 0.3) is 5.91 Å². The van der Waals surface area contributed by atoms with E-state index in [0.717, 1.165) is 5.57 Å². The number of methoxy groups -OCH3 is 1. The van der Waals surface area contributed by atoms with Gasteiger partial charge < -0.3 is 20.1 Å². The molecular formula is C15H16N2O4. The number of nitrogens with zero attached hydrogens (tertiary/aromatic N) is 1. The molecule has 1 aromatic rings. The van der Waals surface area contributed by atoms with E-state index in [-0.39, 0.29) is 23.3 Å². The highest BCUT2D eigenvalue weighted by atomic mass is 16.5. The fourth-order valence-corrected chi connectivity index (χ4v) is 2.79. The smallest absolute Gasteiger partial charge is 0.257 e. The second-order valence-electron chi connectivity index (χ2n) is 5.16. The lowest BCUT2D eigenvalue weighted by atomic mass is 10.1. The lowest BCUT2D eigenvalue weighted by Crippen LogP contribution is -2.40. The topological polar surface area (TPSA) is 78.9 Å². The molecule has 6 nitrogen and oxygen atoms in total. The summed E-state index contributed by atoms with van der Waals surface area (Å²) in [6.07, 6.45) is 2.48. The van der Waals surface area contributed by atoms with Gasteiger partial charge in [-0.25, -0.2) is 0 Å². The molecule has 0 bridgehead atoms. The van der Waals surface area contributed by atoms with Gasteiger partial charge in [0.1, 0.15) is 6.04 Å². The van der Waals surface area contributed by atoms with Crippen LogP contribution in [0.4, 0.5) is 5.69 Å². The van der Waals surface area contributed by atoms with Crippen molar-refractivity contribution in [3.05, 3.63) is 29.3 Å². The molecule has 0 spiro atoms. The number of anilines is 1. The first-order valence-corrected chi connectivity index (χ1v) is 6.72. The van der Waals surface area contributed by atoms with Crippen molar-refractivity contribution in [3.63, 3.8) is 0 Å². The molecule has 0 aromatic heterocycles. The monoisotopic (exact) mass is 288 g/mol. The first kappa shape index (κ1) is 13.5. The van der Waals surface area contributed by atoms with E-state index in [0.29, 0.717) is 24.2 Å². The molecule has 1 atom stereocenters. The molecule has 3 rings (SSSR count). The molecule has 0 radical (unpaired) electrons. The first-order chi connectivity index (χ1) is 10.0. The second kappa shape index (κ2) is 4.80. The van der Waals surface area contributed by atoms with Gasteiger partial charge in [-0.1, -0.05) is 11.6 Å². The molecule has 2 amide bonds. The van der Waals surface area contributed by atoms with Gasteiger partial charge in [0, 0.05) is 12.6 Å². The maximum absolute atomic E-state index is 12.7. The van der Waals surface area contributed by atoms with Crippen LogP contribution in [0.3, 0.4) is 0 Å². The summed E-state index contributed by atoms with van der Waals surface area (Å²) in [6.45, 7) is 2.36. The average Bonchev–Trinajstić information content (AvgIpc) is 2.87. The molecule has 2 N–H and O–H groups in total. The number of fused-ring (bicyclic) bond motifs is 2. The minimum absolute atomic E-state index is 0.111. The molecule has 0 saturated carbocycles. The van der Waals surface area contributed by atoms with E-state index < -0.39 is 6.04 Å². The van der Waals surface area contributed by atoms with Crippen LogP contribution in [0.25, 0.3) is 0 Å². The SMILES string of the molecule is C/C=C1/CC2C(=O)Nc3cc(O)c(OC)cc3C(=O)N2C1. The van der Waals surface area contributed by atoms with Gasteiger partial charge >= 0.3 is 0 Å². The number of carbonyl (C=O) groups is 2. The first-order valence-electron chi connectivity index (χ1n) is 6.72. The van der Waals surface area contributed by atoms with E-state index in [9.17, 15) is 14.7 Å². The van der Waals surface area contributed by atoms with Crippen LogP contribution in [0.15, 0.2) is 23.8 Å². The summed E-state index contributed by atoms with van der Waals surface area (Å²) in [6, 6.07) is 2.32. The van der Waals surface area contributed by atoms with E-state index in [2.05, 4.69) is 5.32 Å². The lowest BCUT2D eigenvalue weighted by Gasteiger charge is -2.19. The predicted octanol–water partition coefficient (Wildman–Crippen LogP) is 1.51. The van der Waals surface area contributed by atoms with Crippen LogP contribution in [0, 0.1) is 0 Å².